The molecule has 1 aliphatic heterocycles. The lowest BCUT2D eigenvalue weighted by Crippen LogP contribution is -2.34. The van der Waals surface area contributed by atoms with E-state index in [1.807, 2.05) is 49.8 Å². The van der Waals surface area contributed by atoms with Gasteiger partial charge < -0.3 is 30.4 Å². The summed E-state index contributed by atoms with van der Waals surface area (Å²) in [6.07, 6.45) is 9.09. The van der Waals surface area contributed by atoms with E-state index in [1.165, 1.54) is 6.42 Å². The Balaban J connectivity index is 0.00000103. The number of aromatic amines is 1. The maximum atomic E-state index is 6.13. The van der Waals surface area contributed by atoms with Crippen molar-refractivity contribution in [3.05, 3.63) is 61.1 Å². The summed E-state index contributed by atoms with van der Waals surface area (Å²) in [5.74, 6) is 2.26. The number of hydrogen-bond acceptors (Lipinski definition) is 6. The summed E-state index contributed by atoms with van der Waals surface area (Å²) in [4.78, 5) is 7.98. The van der Waals surface area contributed by atoms with Gasteiger partial charge in [0.25, 0.3) is 0 Å². The summed E-state index contributed by atoms with van der Waals surface area (Å²) in [6, 6.07) is 9.90. The topological polar surface area (TPSA) is 83.2 Å². The van der Waals surface area contributed by atoms with E-state index in [9.17, 15) is 0 Å². The van der Waals surface area contributed by atoms with Crippen LogP contribution in [-0.4, -0.2) is 43.3 Å². The van der Waals surface area contributed by atoms with Crippen LogP contribution in [0.4, 0.5) is 11.5 Å². The minimum atomic E-state index is 0.244. The number of nitrogens with zero attached hydrogens (tertiary/aromatic N) is 1. The van der Waals surface area contributed by atoms with E-state index in [-0.39, 0.29) is 6.10 Å². The smallest absolute Gasteiger partial charge is 0.146 e. The molecule has 0 aliphatic carbocycles. The van der Waals surface area contributed by atoms with Crippen LogP contribution >= 0.6 is 0 Å². The predicted molar refractivity (Wildman–Crippen MR) is 142 cm³/mol. The van der Waals surface area contributed by atoms with Crippen LogP contribution in [-0.2, 0) is 0 Å². The van der Waals surface area contributed by atoms with Crippen LogP contribution in [0.3, 0.4) is 0 Å². The molecular formula is C27H37N5O2. The van der Waals surface area contributed by atoms with Gasteiger partial charge in [-0.25, -0.2) is 4.98 Å². The van der Waals surface area contributed by atoms with Gasteiger partial charge in [0.1, 0.15) is 23.4 Å². The number of benzene rings is 1. The monoisotopic (exact) mass is 463 g/mol. The molecule has 0 unspecified atom stereocenters. The molecule has 3 aromatic rings. The highest BCUT2D eigenvalue weighted by atomic mass is 16.5. The van der Waals surface area contributed by atoms with Gasteiger partial charge in [0.15, 0.2) is 0 Å². The number of hydrogen-bond donors (Lipinski definition) is 4. The fraction of sp³-hybridized carbons (Fsp3) is 0.370. The van der Waals surface area contributed by atoms with E-state index in [1.54, 1.807) is 7.11 Å². The van der Waals surface area contributed by atoms with Crippen LogP contribution in [0, 0.1) is 0 Å². The summed E-state index contributed by atoms with van der Waals surface area (Å²) in [6.45, 7) is 10.1. The first kappa shape index (κ1) is 25.2. The van der Waals surface area contributed by atoms with Crippen LogP contribution in [0.1, 0.15) is 38.8 Å². The highest BCUT2D eigenvalue weighted by Gasteiger charge is 2.16. The van der Waals surface area contributed by atoms with E-state index in [0.29, 0.717) is 5.75 Å². The third-order valence-corrected chi connectivity index (χ3v) is 5.36. The largest absolute Gasteiger partial charge is 0.494 e. The average Bonchev–Trinajstić information content (AvgIpc) is 3.28. The molecule has 4 N–H and O–H groups in total. The van der Waals surface area contributed by atoms with Crippen molar-refractivity contribution in [2.45, 2.75) is 39.2 Å². The summed E-state index contributed by atoms with van der Waals surface area (Å²) in [5.41, 5.74) is 3.79. The van der Waals surface area contributed by atoms with Gasteiger partial charge in [-0.05, 0) is 44.1 Å². The number of H-pyrrole nitrogens is 1. The molecule has 7 nitrogen and oxygen atoms in total. The van der Waals surface area contributed by atoms with Gasteiger partial charge in [0, 0.05) is 48.2 Å². The van der Waals surface area contributed by atoms with Gasteiger partial charge in [0.05, 0.1) is 18.3 Å². The van der Waals surface area contributed by atoms with Crippen molar-refractivity contribution in [1.82, 2.24) is 20.6 Å². The molecule has 34 heavy (non-hydrogen) atoms. The van der Waals surface area contributed by atoms with Crippen molar-refractivity contribution in [1.29, 1.82) is 0 Å². The van der Waals surface area contributed by atoms with Gasteiger partial charge in [-0.2, -0.15) is 0 Å². The molecule has 0 atom stereocenters. The minimum Gasteiger partial charge on any atom is -0.494 e. The molecular weight excluding hydrogens is 426 g/mol. The normalized spacial score (nSPS) is 14.2. The van der Waals surface area contributed by atoms with Gasteiger partial charge in [-0.15, -0.1) is 0 Å². The third-order valence-electron chi connectivity index (χ3n) is 5.36. The highest BCUT2D eigenvalue weighted by Crippen LogP contribution is 2.33. The SMILES string of the molecule is C=C/C(=C\NC)c1cc2cnc(Nc3ccc(OC4CCNCC4)cc3OC)cc2[nH]1.CCC. The Bertz CT molecular complexity index is 1100. The molecule has 0 amide bonds. The maximum absolute atomic E-state index is 6.13. The van der Waals surface area contributed by atoms with E-state index < -0.39 is 0 Å². The van der Waals surface area contributed by atoms with E-state index in [2.05, 4.69) is 52.4 Å². The molecule has 1 fully saturated rings. The first-order chi connectivity index (χ1) is 16.6. The number of piperidine rings is 1. The van der Waals surface area contributed by atoms with Crippen molar-refractivity contribution < 1.29 is 9.47 Å². The highest BCUT2D eigenvalue weighted by molar-refractivity contribution is 5.88. The van der Waals surface area contributed by atoms with Crippen molar-refractivity contribution in [2.24, 2.45) is 0 Å². The van der Waals surface area contributed by atoms with Gasteiger partial charge in [0.2, 0.25) is 0 Å². The average molecular weight is 464 g/mol. The number of nitrogens with one attached hydrogen (secondary N) is 4. The lowest BCUT2D eigenvalue weighted by Gasteiger charge is -2.24. The number of methoxy groups -OCH3 is 1. The van der Waals surface area contributed by atoms with Crippen LogP contribution in [0.25, 0.3) is 16.5 Å². The molecule has 0 saturated carbocycles. The molecule has 4 rings (SSSR count). The van der Waals surface area contributed by atoms with Crippen LogP contribution in [0.5, 0.6) is 11.5 Å². The zero-order chi connectivity index (χ0) is 24.3. The van der Waals surface area contributed by atoms with Crippen molar-refractivity contribution >= 4 is 28.0 Å². The number of anilines is 2. The number of ether oxygens (including phenoxy) is 2. The molecule has 1 aliphatic rings. The number of fused-ring (bicyclic) bond motifs is 1. The Morgan fingerprint density at radius 1 is 1.21 bits per heavy atom. The summed E-state index contributed by atoms with van der Waals surface area (Å²) in [5, 5.41) is 10.8. The molecule has 3 heterocycles. The van der Waals surface area contributed by atoms with Crippen LogP contribution < -0.4 is 25.4 Å². The van der Waals surface area contributed by atoms with Gasteiger partial charge in [-0.1, -0.05) is 32.9 Å². The molecule has 0 spiro atoms. The Hall–Kier alpha value is -3.45. The lowest BCUT2D eigenvalue weighted by atomic mass is 10.1. The number of allylic oxidation sites excluding steroid dienone is 2. The molecule has 0 radical (unpaired) electrons. The summed E-state index contributed by atoms with van der Waals surface area (Å²) >= 11 is 0. The quantitative estimate of drug-likeness (QED) is 0.325. The summed E-state index contributed by atoms with van der Waals surface area (Å²) < 4.78 is 11.7. The van der Waals surface area contributed by atoms with E-state index in [0.717, 1.165) is 65.4 Å². The summed E-state index contributed by atoms with van der Waals surface area (Å²) in [7, 11) is 3.53. The van der Waals surface area contributed by atoms with Crippen molar-refractivity contribution in [3.63, 3.8) is 0 Å². The van der Waals surface area contributed by atoms with Crippen molar-refractivity contribution in [2.75, 3.05) is 32.6 Å². The second-order valence-electron chi connectivity index (χ2n) is 8.19. The fourth-order valence-electron chi connectivity index (χ4n) is 3.74. The van der Waals surface area contributed by atoms with Crippen LogP contribution in [0.15, 0.2) is 55.4 Å². The second-order valence-corrected chi connectivity index (χ2v) is 8.19. The second kappa shape index (κ2) is 12.7. The maximum Gasteiger partial charge on any atom is 0.146 e. The third kappa shape index (κ3) is 6.54. The molecule has 1 aromatic carbocycles. The zero-order valence-electron chi connectivity index (χ0n) is 20.7. The molecule has 7 heteroatoms. The van der Waals surface area contributed by atoms with Crippen LogP contribution in [0.2, 0.25) is 0 Å². The first-order valence-electron chi connectivity index (χ1n) is 11.9. The molecule has 1 saturated heterocycles. The Kier molecular flexibility index (Phi) is 9.40. The van der Waals surface area contributed by atoms with E-state index >= 15 is 0 Å². The zero-order valence-corrected chi connectivity index (χ0v) is 20.7. The fourth-order valence-corrected chi connectivity index (χ4v) is 3.74. The minimum absolute atomic E-state index is 0.244. The van der Waals surface area contributed by atoms with Gasteiger partial charge >= 0.3 is 0 Å². The standard InChI is InChI=1S/C24H29N5O2.C3H8/c1-4-16(14-25-2)21-11-17-15-27-24(13-22(17)28-21)29-20-6-5-19(12-23(20)30-3)31-18-7-9-26-10-8-18;1-3-2/h4-6,11-15,18,25-26,28H,1,7-10H2,2-3H3,(H,27,29);3H2,1-2H3/b16-14+;. The molecule has 182 valence electrons. The number of aromatic nitrogens is 2. The first-order valence-corrected chi connectivity index (χ1v) is 11.9. The Morgan fingerprint density at radius 3 is 2.65 bits per heavy atom. The number of rotatable bonds is 8. The predicted octanol–water partition coefficient (Wildman–Crippen LogP) is 5.61. The Labute approximate surface area is 202 Å². The lowest BCUT2D eigenvalue weighted by molar-refractivity contribution is 0.162. The van der Waals surface area contributed by atoms with Gasteiger partial charge in [-0.3, -0.25) is 0 Å². The Morgan fingerprint density at radius 2 is 1.97 bits per heavy atom. The number of pyridine rings is 1. The molecule has 0 bridgehead atoms. The molecule has 2 aromatic heterocycles. The van der Waals surface area contributed by atoms with Crippen molar-refractivity contribution in [3.8, 4) is 11.5 Å². The van der Waals surface area contributed by atoms with E-state index in [4.69, 9.17) is 9.47 Å².